The minimum atomic E-state index is 0.187. The second kappa shape index (κ2) is 6.73. The molecule has 1 atom stereocenters. The molecule has 1 fully saturated rings. The van der Waals surface area contributed by atoms with E-state index in [1.165, 1.54) is 6.42 Å². The van der Waals surface area contributed by atoms with E-state index in [0.717, 1.165) is 37.5 Å². The Hall–Kier alpha value is -1.58. The van der Waals surface area contributed by atoms with Crippen LogP contribution in [-0.2, 0) is 11.2 Å². The molecule has 0 saturated carbocycles. The first-order valence-corrected chi connectivity index (χ1v) is 7.54. The van der Waals surface area contributed by atoms with Gasteiger partial charge in [-0.2, -0.15) is 0 Å². The SMILES string of the molecule is CC(C)C1CCCN(C(=O)Cc2ccc(N)cn2)CC1. The fourth-order valence-corrected chi connectivity index (χ4v) is 2.85. The molecule has 2 rings (SSSR count). The third-order valence-electron chi connectivity index (χ3n) is 4.25. The topological polar surface area (TPSA) is 59.2 Å². The van der Waals surface area contributed by atoms with Gasteiger partial charge in [0.15, 0.2) is 0 Å². The number of hydrogen-bond acceptors (Lipinski definition) is 3. The predicted molar refractivity (Wildman–Crippen MR) is 81.1 cm³/mol. The fraction of sp³-hybridized carbons (Fsp3) is 0.625. The van der Waals surface area contributed by atoms with Crippen LogP contribution < -0.4 is 5.73 Å². The zero-order chi connectivity index (χ0) is 14.5. The molecule has 1 aromatic rings. The van der Waals surface area contributed by atoms with Crippen molar-refractivity contribution in [2.45, 2.75) is 39.5 Å². The highest BCUT2D eigenvalue weighted by molar-refractivity contribution is 5.78. The monoisotopic (exact) mass is 275 g/mol. The van der Waals surface area contributed by atoms with Crippen molar-refractivity contribution in [3.05, 3.63) is 24.0 Å². The second-order valence-electron chi connectivity index (χ2n) is 6.08. The summed E-state index contributed by atoms with van der Waals surface area (Å²) in [5, 5.41) is 0. The Kier molecular flexibility index (Phi) is 4.99. The van der Waals surface area contributed by atoms with E-state index in [1.54, 1.807) is 12.3 Å². The van der Waals surface area contributed by atoms with Gasteiger partial charge in [0.1, 0.15) is 0 Å². The number of pyridine rings is 1. The highest BCUT2D eigenvalue weighted by atomic mass is 16.2. The van der Waals surface area contributed by atoms with Crippen molar-refractivity contribution in [2.75, 3.05) is 18.8 Å². The van der Waals surface area contributed by atoms with Gasteiger partial charge in [-0.25, -0.2) is 0 Å². The van der Waals surface area contributed by atoms with Crippen molar-refractivity contribution in [2.24, 2.45) is 11.8 Å². The molecular formula is C16H25N3O. The van der Waals surface area contributed by atoms with Gasteiger partial charge in [-0.05, 0) is 43.2 Å². The minimum absolute atomic E-state index is 0.187. The number of hydrogen-bond donors (Lipinski definition) is 1. The average molecular weight is 275 g/mol. The summed E-state index contributed by atoms with van der Waals surface area (Å²) in [6.07, 6.45) is 5.47. The molecule has 110 valence electrons. The van der Waals surface area contributed by atoms with E-state index >= 15 is 0 Å². The maximum absolute atomic E-state index is 12.3. The molecule has 4 nitrogen and oxygen atoms in total. The number of amides is 1. The molecular weight excluding hydrogens is 250 g/mol. The third-order valence-corrected chi connectivity index (χ3v) is 4.25. The van der Waals surface area contributed by atoms with E-state index in [9.17, 15) is 4.79 Å². The zero-order valence-corrected chi connectivity index (χ0v) is 12.5. The van der Waals surface area contributed by atoms with Crippen molar-refractivity contribution in [1.29, 1.82) is 0 Å². The molecule has 0 aromatic carbocycles. The highest BCUT2D eigenvalue weighted by Crippen LogP contribution is 2.24. The summed E-state index contributed by atoms with van der Waals surface area (Å²) in [4.78, 5) is 18.5. The summed E-state index contributed by atoms with van der Waals surface area (Å²) in [5.74, 6) is 1.65. The van der Waals surface area contributed by atoms with E-state index in [0.29, 0.717) is 18.0 Å². The predicted octanol–water partition coefficient (Wildman–Crippen LogP) is 2.49. The quantitative estimate of drug-likeness (QED) is 0.922. The fourth-order valence-electron chi connectivity index (χ4n) is 2.85. The van der Waals surface area contributed by atoms with Crippen molar-refractivity contribution in [1.82, 2.24) is 9.88 Å². The van der Waals surface area contributed by atoms with E-state index in [4.69, 9.17) is 5.73 Å². The molecule has 2 heterocycles. The number of nitrogens with two attached hydrogens (primary N) is 1. The summed E-state index contributed by atoms with van der Waals surface area (Å²) in [6, 6.07) is 3.63. The number of carbonyl (C=O) groups is 1. The summed E-state index contributed by atoms with van der Waals surface area (Å²) in [7, 11) is 0. The van der Waals surface area contributed by atoms with Crippen LogP contribution in [0.25, 0.3) is 0 Å². The highest BCUT2D eigenvalue weighted by Gasteiger charge is 2.22. The Labute approximate surface area is 121 Å². The number of aromatic nitrogens is 1. The number of rotatable bonds is 3. The summed E-state index contributed by atoms with van der Waals surface area (Å²) in [5.41, 5.74) is 7.04. The third kappa shape index (κ3) is 3.95. The Balaban J connectivity index is 1.90. The van der Waals surface area contributed by atoms with Crippen molar-refractivity contribution in [3.8, 4) is 0 Å². The van der Waals surface area contributed by atoms with Crippen LogP contribution >= 0.6 is 0 Å². The van der Waals surface area contributed by atoms with E-state index in [2.05, 4.69) is 18.8 Å². The van der Waals surface area contributed by atoms with Gasteiger partial charge in [0.25, 0.3) is 0 Å². The maximum atomic E-state index is 12.3. The largest absolute Gasteiger partial charge is 0.397 e. The molecule has 1 aliphatic heterocycles. The van der Waals surface area contributed by atoms with Gasteiger partial charge in [0, 0.05) is 18.8 Å². The molecule has 0 bridgehead atoms. The zero-order valence-electron chi connectivity index (χ0n) is 12.5. The number of nitrogens with zero attached hydrogens (tertiary/aromatic N) is 2. The first-order valence-electron chi connectivity index (χ1n) is 7.54. The molecule has 2 N–H and O–H groups in total. The lowest BCUT2D eigenvalue weighted by molar-refractivity contribution is -0.130. The van der Waals surface area contributed by atoms with Gasteiger partial charge in [-0.3, -0.25) is 9.78 Å². The van der Waals surface area contributed by atoms with Crippen LogP contribution in [0.5, 0.6) is 0 Å². The van der Waals surface area contributed by atoms with Crippen molar-refractivity contribution >= 4 is 11.6 Å². The van der Waals surface area contributed by atoms with Gasteiger partial charge >= 0.3 is 0 Å². The number of carbonyl (C=O) groups excluding carboxylic acids is 1. The summed E-state index contributed by atoms with van der Waals surface area (Å²) in [6.45, 7) is 6.33. The van der Waals surface area contributed by atoms with Crippen LogP contribution in [0.1, 0.15) is 38.8 Å². The van der Waals surface area contributed by atoms with Crippen LogP contribution in [0, 0.1) is 11.8 Å². The van der Waals surface area contributed by atoms with Gasteiger partial charge < -0.3 is 10.6 Å². The molecule has 0 radical (unpaired) electrons. The van der Waals surface area contributed by atoms with Crippen LogP contribution in [-0.4, -0.2) is 28.9 Å². The Morgan fingerprint density at radius 2 is 2.20 bits per heavy atom. The average Bonchev–Trinajstić information content (AvgIpc) is 2.67. The first kappa shape index (κ1) is 14.8. The van der Waals surface area contributed by atoms with Crippen LogP contribution in [0.2, 0.25) is 0 Å². The molecule has 1 unspecified atom stereocenters. The van der Waals surface area contributed by atoms with Gasteiger partial charge in [0.2, 0.25) is 5.91 Å². The van der Waals surface area contributed by atoms with E-state index in [-0.39, 0.29) is 5.91 Å². The maximum Gasteiger partial charge on any atom is 0.228 e. The van der Waals surface area contributed by atoms with Crippen LogP contribution in [0.3, 0.4) is 0 Å². The number of anilines is 1. The Bertz CT molecular complexity index is 442. The van der Waals surface area contributed by atoms with Crippen molar-refractivity contribution in [3.63, 3.8) is 0 Å². The molecule has 20 heavy (non-hydrogen) atoms. The van der Waals surface area contributed by atoms with Gasteiger partial charge in [-0.15, -0.1) is 0 Å². The smallest absolute Gasteiger partial charge is 0.228 e. The van der Waals surface area contributed by atoms with Gasteiger partial charge in [-0.1, -0.05) is 13.8 Å². The lowest BCUT2D eigenvalue weighted by Crippen LogP contribution is -2.33. The molecule has 1 aromatic heterocycles. The lowest BCUT2D eigenvalue weighted by atomic mass is 9.89. The first-order chi connectivity index (χ1) is 9.56. The van der Waals surface area contributed by atoms with Crippen LogP contribution in [0.4, 0.5) is 5.69 Å². The van der Waals surface area contributed by atoms with Crippen LogP contribution in [0.15, 0.2) is 18.3 Å². The summed E-state index contributed by atoms with van der Waals surface area (Å²) < 4.78 is 0. The molecule has 0 spiro atoms. The summed E-state index contributed by atoms with van der Waals surface area (Å²) >= 11 is 0. The Morgan fingerprint density at radius 3 is 2.85 bits per heavy atom. The van der Waals surface area contributed by atoms with Gasteiger partial charge in [0.05, 0.1) is 18.3 Å². The molecule has 0 aliphatic carbocycles. The molecule has 4 heteroatoms. The molecule has 1 aliphatic rings. The lowest BCUT2D eigenvalue weighted by Gasteiger charge is -2.21. The number of nitrogen functional groups attached to an aromatic ring is 1. The normalized spacial score (nSPS) is 19.9. The molecule has 1 amide bonds. The standard InChI is InChI=1S/C16H25N3O/c1-12(2)13-4-3-8-19(9-7-13)16(20)10-15-6-5-14(17)11-18-15/h5-6,11-13H,3-4,7-10,17H2,1-2H3. The Morgan fingerprint density at radius 1 is 1.40 bits per heavy atom. The molecule has 1 saturated heterocycles. The van der Waals surface area contributed by atoms with E-state index < -0.39 is 0 Å². The number of likely N-dealkylation sites (tertiary alicyclic amines) is 1. The minimum Gasteiger partial charge on any atom is -0.397 e. The second-order valence-corrected chi connectivity index (χ2v) is 6.08. The van der Waals surface area contributed by atoms with Crippen molar-refractivity contribution < 1.29 is 4.79 Å². The van der Waals surface area contributed by atoms with E-state index in [1.807, 2.05) is 11.0 Å².